The minimum atomic E-state index is 0.604. The van der Waals surface area contributed by atoms with Gasteiger partial charge < -0.3 is 4.90 Å². The van der Waals surface area contributed by atoms with Crippen molar-refractivity contribution >= 4 is 5.82 Å². The van der Waals surface area contributed by atoms with Gasteiger partial charge in [0.05, 0.1) is 11.8 Å². The smallest absolute Gasteiger partial charge is 0.168 e. The normalized spacial score (nSPS) is 15.5. The summed E-state index contributed by atoms with van der Waals surface area (Å²) in [7, 11) is 1.98. The third kappa shape index (κ3) is 2.07. The molecule has 0 spiro atoms. The molecule has 78 valence electrons. The first kappa shape index (κ1) is 9.91. The zero-order valence-electron chi connectivity index (χ0n) is 8.85. The lowest BCUT2D eigenvalue weighted by molar-refractivity contribution is 0.321. The van der Waals surface area contributed by atoms with Crippen LogP contribution in [0.3, 0.4) is 0 Å². The van der Waals surface area contributed by atoms with Crippen molar-refractivity contribution in [2.24, 2.45) is 5.92 Å². The number of rotatable bonds is 3. The molecule has 0 aliphatic heterocycles. The molecule has 15 heavy (non-hydrogen) atoms. The highest BCUT2D eigenvalue weighted by Crippen LogP contribution is 2.28. The second-order valence-electron chi connectivity index (χ2n) is 4.06. The maximum absolute atomic E-state index is 8.93. The summed E-state index contributed by atoms with van der Waals surface area (Å²) in [5, 5.41) is 16.8. The molecule has 1 heterocycles. The van der Waals surface area contributed by atoms with Gasteiger partial charge in [-0.15, -0.1) is 5.10 Å². The lowest BCUT2D eigenvalue weighted by Gasteiger charge is -2.30. The molecule has 1 aromatic heterocycles. The number of hydrogen-bond donors (Lipinski definition) is 0. The highest BCUT2D eigenvalue weighted by molar-refractivity contribution is 5.51. The van der Waals surface area contributed by atoms with Crippen LogP contribution in [0.2, 0.25) is 0 Å². The molecule has 1 saturated carbocycles. The first-order chi connectivity index (χ1) is 7.31. The third-order valence-corrected chi connectivity index (χ3v) is 2.94. The van der Waals surface area contributed by atoms with Gasteiger partial charge in [-0.2, -0.15) is 10.4 Å². The lowest BCUT2D eigenvalue weighted by atomic mass is 9.85. The SMILES string of the molecule is CN(CC1CCC1)c1nnccc1C#N. The third-order valence-electron chi connectivity index (χ3n) is 2.94. The number of nitrogens with zero attached hydrogens (tertiary/aromatic N) is 4. The van der Waals surface area contributed by atoms with Crippen molar-refractivity contribution in [1.29, 1.82) is 5.26 Å². The second-order valence-corrected chi connectivity index (χ2v) is 4.06. The molecule has 0 amide bonds. The molecule has 1 aliphatic rings. The Morgan fingerprint density at radius 2 is 2.40 bits per heavy atom. The fourth-order valence-electron chi connectivity index (χ4n) is 1.84. The van der Waals surface area contributed by atoms with Crippen molar-refractivity contribution < 1.29 is 0 Å². The topological polar surface area (TPSA) is 52.8 Å². The predicted octanol–water partition coefficient (Wildman–Crippen LogP) is 1.58. The predicted molar refractivity (Wildman–Crippen MR) is 57.4 cm³/mol. The lowest BCUT2D eigenvalue weighted by Crippen LogP contribution is -2.30. The first-order valence-corrected chi connectivity index (χ1v) is 5.24. The van der Waals surface area contributed by atoms with E-state index >= 15 is 0 Å². The Balaban J connectivity index is 2.10. The van der Waals surface area contributed by atoms with Gasteiger partial charge in [0.25, 0.3) is 0 Å². The van der Waals surface area contributed by atoms with Gasteiger partial charge in [0, 0.05) is 13.6 Å². The zero-order chi connectivity index (χ0) is 10.7. The Kier molecular flexibility index (Phi) is 2.82. The summed E-state index contributed by atoms with van der Waals surface area (Å²) in [4.78, 5) is 2.04. The van der Waals surface area contributed by atoms with Gasteiger partial charge in [-0.05, 0) is 24.8 Å². The maximum atomic E-state index is 8.93. The average molecular weight is 202 g/mol. The second kappa shape index (κ2) is 4.26. The molecule has 4 nitrogen and oxygen atoms in total. The van der Waals surface area contributed by atoms with Crippen LogP contribution in [0.5, 0.6) is 0 Å². The molecule has 0 N–H and O–H groups in total. The quantitative estimate of drug-likeness (QED) is 0.746. The van der Waals surface area contributed by atoms with Crippen molar-refractivity contribution in [3.05, 3.63) is 17.8 Å². The number of aromatic nitrogens is 2. The molecule has 0 saturated heterocycles. The Labute approximate surface area is 89.5 Å². The van der Waals surface area contributed by atoms with Crippen LogP contribution in [0.15, 0.2) is 12.3 Å². The summed E-state index contributed by atoms with van der Waals surface area (Å²) in [6, 6.07) is 3.85. The Morgan fingerprint density at radius 1 is 1.60 bits per heavy atom. The van der Waals surface area contributed by atoms with Gasteiger partial charge in [0.1, 0.15) is 6.07 Å². The minimum Gasteiger partial charge on any atom is -0.357 e. The zero-order valence-corrected chi connectivity index (χ0v) is 8.85. The van der Waals surface area contributed by atoms with Crippen LogP contribution in [0.4, 0.5) is 5.82 Å². The van der Waals surface area contributed by atoms with Crippen LogP contribution in [-0.2, 0) is 0 Å². The monoisotopic (exact) mass is 202 g/mol. The standard InChI is InChI=1S/C11H14N4/c1-15(8-9-3-2-4-9)11-10(7-12)5-6-13-14-11/h5-6,9H,2-4,8H2,1H3. The van der Waals surface area contributed by atoms with Crippen molar-refractivity contribution in [1.82, 2.24) is 10.2 Å². The van der Waals surface area contributed by atoms with E-state index in [1.165, 1.54) is 19.3 Å². The van der Waals surface area contributed by atoms with E-state index in [0.29, 0.717) is 11.4 Å². The van der Waals surface area contributed by atoms with Gasteiger partial charge >= 0.3 is 0 Å². The Hall–Kier alpha value is -1.63. The highest BCUT2D eigenvalue weighted by atomic mass is 15.2. The summed E-state index contributed by atoms with van der Waals surface area (Å²) in [6.45, 7) is 0.980. The van der Waals surface area contributed by atoms with Gasteiger partial charge in [-0.1, -0.05) is 6.42 Å². The minimum absolute atomic E-state index is 0.604. The molecule has 0 unspecified atom stereocenters. The van der Waals surface area contributed by atoms with Gasteiger partial charge in [0.2, 0.25) is 0 Å². The largest absolute Gasteiger partial charge is 0.357 e. The van der Waals surface area contributed by atoms with Crippen LogP contribution in [-0.4, -0.2) is 23.8 Å². The van der Waals surface area contributed by atoms with E-state index in [1.807, 2.05) is 11.9 Å². The molecule has 4 heteroatoms. The van der Waals surface area contributed by atoms with E-state index in [1.54, 1.807) is 12.3 Å². The Morgan fingerprint density at radius 3 is 3.00 bits per heavy atom. The van der Waals surface area contributed by atoms with Crippen molar-refractivity contribution in [3.63, 3.8) is 0 Å². The van der Waals surface area contributed by atoms with Gasteiger partial charge in [0.15, 0.2) is 5.82 Å². The first-order valence-electron chi connectivity index (χ1n) is 5.24. The summed E-state index contributed by atoms with van der Waals surface area (Å²) in [6.07, 6.45) is 5.49. The van der Waals surface area contributed by atoms with E-state index in [0.717, 1.165) is 12.5 Å². The van der Waals surface area contributed by atoms with Crippen LogP contribution in [0.1, 0.15) is 24.8 Å². The van der Waals surface area contributed by atoms with Crippen molar-refractivity contribution in [2.45, 2.75) is 19.3 Å². The molecule has 0 aromatic carbocycles. The molecular weight excluding hydrogens is 188 g/mol. The Bertz CT molecular complexity index is 378. The van der Waals surface area contributed by atoms with Crippen molar-refractivity contribution in [2.75, 3.05) is 18.5 Å². The molecule has 0 radical (unpaired) electrons. The van der Waals surface area contributed by atoms with Crippen LogP contribution >= 0.6 is 0 Å². The van der Waals surface area contributed by atoms with E-state index < -0.39 is 0 Å². The number of hydrogen-bond acceptors (Lipinski definition) is 4. The molecular formula is C11H14N4. The fraction of sp³-hybridized carbons (Fsp3) is 0.545. The average Bonchev–Trinajstić information content (AvgIpc) is 2.23. The number of anilines is 1. The van der Waals surface area contributed by atoms with E-state index in [9.17, 15) is 0 Å². The molecule has 2 rings (SSSR count). The summed E-state index contributed by atoms with van der Waals surface area (Å²) >= 11 is 0. The molecule has 0 bridgehead atoms. The summed E-state index contributed by atoms with van der Waals surface area (Å²) in [5.41, 5.74) is 0.604. The summed E-state index contributed by atoms with van der Waals surface area (Å²) < 4.78 is 0. The van der Waals surface area contributed by atoms with Crippen LogP contribution in [0, 0.1) is 17.2 Å². The van der Waals surface area contributed by atoms with E-state index in [-0.39, 0.29) is 0 Å². The van der Waals surface area contributed by atoms with E-state index in [4.69, 9.17) is 5.26 Å². The molecule has 1 aliphatic carbocycles. The van der Waals surface area contributed by atoms with Crippen LogP contribution < -0.4 is 4.90 Å². The fourth-order valence-corrected chi connectivity index (χ4v) is 1.84. The van der Waals surface area contributed by atoms with Gasteiger partial charge in [-0.25, -0.2) is 0 Å². The number of nitriles is 1. The van der Waals surface area contributed by atoms with Crippen LogP contribution in [0.25, 0.3) is 0 Å². The maximum Gasteiger partial charge on any atom is 0.168 e. The summed E-state index contributed by atoms with van der Waals surface area (Å²) in [5.74, 6) is 1.47. The van der Waals surface area contributed by atoms with Crippen molar-refractivity contribution in [3.8, 4) is 6.07 Å². The molecule has 1 aromatic rings. The molecule has 0 atom stereocenters. The van der Waals surface area contributed by atoms with E-state index in [2.05, 4.69) is 16.3 Å². The molecule has 1 fully saturated rings. The highest BCUT2D eigenvalue weighted by Gasteiger charge is 2.20. The van der Waals surface area contributed by atoms with Gasteiger partial charge in [-0.3, -0.25) is 0 Å².